The van der Waals surface area contributed by atoms with Crippen molar-refractivity contribution in [2.24, 2.45) is 0 Å². The lowest BCUT2D eigenvalue weighted by Crippen LogP contribution is -2.23. The van der Waals surface area contributed by atoms with E-state index < -0.39 is 0 Å². The predicted molar refractivity (Wildman–Crippen MR) is 112 cm³/mol. The molecule has 0 fully saturated rings. The summed E-state index contributed by atoms with van der Waals surface area (Å²) in [5, 5.41) is 4.31. The summed E-state index contributed by atoms with van der Waals surface area (Å²) in [4.78, 5) is 17.7. The van der Waals surface area contributed by atoms with Crippen LogP contribution in [0.25, 0.3) is 23.2 Å². The molecule has 7 heteroatoms. The Labute approximate surface area is 167 Å². The van der Waals surface area contributed by atoms with Crippen molar-refractivity contribution in [2.45, 2.75) is 0 Å². The highest BCUT2D eigenvalue weighted by Gasteiger charge is 2.10. The average molecular weight is 440 g/mol. The van der Waals surface area contributed by atoms with Crippen molar-refractivity contribution in [1.82, 2.24) is 14.6 Å². The highest BCUT2D eigenvalue weighted by atomic mass is 79.9. The largest absolute Gasteiger partial charge is 0.496 e. The van der Waals surface area contributed by atoms with Crippen LogP contribution in [0.5, 0.6) is 5.75 Å². The number of aromatic nitrogens is 3. The van der Waals surface area contributed by atoms with Crippen molar-refractivity contribution in [3.63, 3.8) is 0 Å². The topological polar surface area (TPSA) is 56.5 Å². The van der Waals surface area contributed by atoms with Crippen LogP contribution in [0.4, 0.5) is 0 Å². The van der Waals surface area contributed by atoms with Gasteiger partial charge in [-0.3, -0.25) is 4.79 Å². The summed E-state index contributed by atoms with van der Waals surface area (Å²) < 4.78 is 8.17. The van der Waals surface area contributed by atoms with E-state index in [1.54, 1.807) is 19.3 Å². The first-order valence-corrected chi connectivity index (χ1v) is 9.73. The van der Waals surface area contributed by atoms with Gasteiger partial charge in [-0.1, -0.05) is 63.7 Å². The number of thiazole rings is 1. The van der Waals surface area contributed by atoms with Gasteiger partial charge < -0.3 is 4.74 Å². The van der Waals surface area contributed by atoms with Gasteiger partial charge in [0.15, 0.2) is 5.82 Å². The molecule has 0 unspecified atom stereocenters. The van der Waals surface area contributed by atoms with Gasteiger partial charge in [0.25, 0.3) is 5.56 Å². The molecule has 2 aromatic heterocycles. The molecule has 134 valence electrons. The van der Waals surface area contributed by atoms with Gasteiger partial charge in [-0.05, 0) is 35.9 Å². The fourth-order valence-corrected chi connectivity index (χ4v) is 3.90. The molecule has 0 aliphatic rings. The van der Waals surface area contributed by atoms with Crippen molar-refractivity contribution < 1.29 is 4.74 Å². The Hall–Kier alpha value is -2.77. The summed E-state index contributed by atoms with van der Waals surface area (Å²) in [6, 6.07) is 15.5. The van der Waals surface area contributed by atoms with Gasteiger partial charge in [-0.15, -0.1) is 5.10 Å². The molecule has 0 spiro atoms. The summed E-state index contributed by atoms with van der Waals surface area (Å²) in [5.41, 5.74) is 1.68. The first-order valence-electron chi connectivity index (χ1n) is 8.12. The Morgan fingerprint density at radius 2 is 1.96 bits per heavy atom. The number of rotatable bonds is 4. The standard InChI is InChI=1S/C20H14BrN3O2S/c1-26-16-9-8-15(21)11-14(16)12-17-19(25)24-20(27-17)22-18(23-24)10-7-13-5-3-2-4-6-13/h2-12H,1H3. The van der Waals surface area contributed by atoms with E-state index in [0.29, 0.717) is 21.1 Å². The van der Waals surface area contributed by atoms with Crippen molar-refractivity contribution in [1.29, 1.82) is 0 Å². The van der Waals surface area contributed by atoms with Crippen molar-refractivity contribution >= 4 is 50.5 Å². The van der Waals surface area contributed by atoms with Crippen LogP contribution in [-0.4, -0.2) is 21.7 Å². The van der Waals surface area contributed by atoms with E-state index in [-0.39, 0.29) is 5.56 Å². The molecule has 2 aromatic carbocycles. The van der Waals surface area contributed by atoms with Crippen molar-refractivity contribution in [3.05, 3.63) is 84.8 Å². The molecule has 4 aromatic rings. The molecule has 0 saturated carbocycles. The van der Waals surface area contributed by atoms with E-state index >= 15 is 0 Å². The van der Waals surface area contributed by atoms with E-state index in [1.165, 1.54) is 15.9 Å². The predicted octanol–water partition coefficient (Wildman–Crippen LogP) is 3.64. The number of methoxy groups -OCH3 is 1. The minimum atomic E-state index is -0.191. The molecule has 4 rings (SSSR count). The van der Waals surface area contributed by atoms with Crippen LogP contribution in [0.15, 0.2) is 57.8 Å². The zero-order valence-corrected chi connectivity index (χ0v) is 16.7. The second-order valence-corrected chi connectivity index (χ2v) is 7.64. The van der Waals surface area contributed by atoms with Crippen LogP contribution in [0, 0.1) is 0 Å². The van der Waals surface area contributed by atoms with Gasteiger partial charge in [0.2, 0.25) is 4.96 Å². The molecule has 5 nitrogen and oxygen atoms in total. The smallest absolute Gasteiger partial charge is 0.291 e. The number of ether oxygens (including phenoxy) is 1. The Kier molecular flexibility index (Phi) is 4.87. The minimum absolute atomic E-state index is 0.191. The number of halogens is 1. The van der Waals surface area contributed by atoms with E-state index in [0.717, 1.165) is 15.6 Å². The third-order valence-corrected chi connectivity index (χ3v) is 5.35. The number of fused-ring (bicyclic) bond motifs is 1. The highest BCUT2D eigenvalue weighted by molar-refractivity contribution is 9.10. The molecule has 0 atom stereocenters. The second-order valence-electron chi connectivity index (χ2n) is 5.71. The molecule has 0 N–H and O–H groups in total. The van der Waals surface area contributed by atoms with Crippen LogP contribution in [0.2, 0.25) is 0 Å². The summed E-state index contributed by atoms with van der Waals surface area (Å²) in [6.45, 7) is 0. The first kappa shape index (κ1) is 17.6. The molecular weight excluding hydrogens is 426 g/mol. The Bertz CT molecular complexity index is 1250. The lowest BCUT2D eigenvalue weighted by molar-refractivity contribution is 0.414. The van der Waals surface area contributed by atoms with Gasteiger partial charge in [0.05, 0.1) is 11.6 Å². The molecule has 0 aliphatic carbocycles. The molecule has 2 heterocycles. The SMILES string of the molecule is COc1ccc(Br)cc1C=c1sc2nc(C=Cc3ccccc3)nn2c1=O. The van der Waals surface area contributed by atoms with Gasteiger partial charge >= 0.3 is 0 Å². The van der Waals surface area contributed by atoms with Crippen LogP contribution >= 0.6 is 27.3 Å². The zero-order chi connectivity index (χ0) is 18.8. The van der Waals surface area contributed by atoms with E-state index in [2.05, 4.69) is 26.0 Å². The molecular formula is C20H14BrN3O2S. The first-order chi connectivity index (χ1) is 13.1. The van der Waals surface area contributed by atoms with Gasteiger partial charge in [0, 0.05) is 10.0 Å². The second kappa shape index (κ2) is 7.46. The fourth-order valence-electron chi connectivity index (χ4n) is 2.61. The maximum absolute atomic E-state index is 12.7. The number of benzene rings is 2. The highest BCUT2D eigenvalue weighted by Crippen LogP contribution is 2.23. The fraction of sp³-hybridized carbons (Fsp3) is 0.0500. The van der Waals surface area contributed by atoms with Crippen LogP contribution < -0.4 is 14.8 Å². The van der Waals surface area contributed by atoms with E-state index in [1.807, 2.05) is 54.6 Å². The third kappa shape index (κ3) is 3.70. The monoisotopic (exact) mass is 439 g/mol. The maximum Gasteiger partial charge on any atom is 0.291 e. The van der Waals surface area contributed by atoms with Gasteiger partial charge in [0.1, 0.15) is 5.75 Å². The summed E-state index contributed by atoms with van der Waals surface area (Å²) >= 11 is 4.75. The number of hydrogen-bond acceptors (Lipinski definition) is 5. The molecule has 0 radical (unpaired) electrons. The molecule has 27 heavy (non-hydrogen) atoms. The van der Waals surface area contributed by atoms with Crippen LogP contribution in [0.3, 0.4) is 0 Å². The summed E-state index contributed by atoms with van der Waals surface area (Å²) in [6.07, 6.45) is 5.52. The minimum Gasteiger partial charge on any atom is -0.496 e. The Balaban J connectivity index is 1.72. The maximum atomic E-state index is 12.7. The molecule has 0 bridgehead atoms. The molecule has 0 saturated heterocycles. The van der Waals surface area contributed by atoms with Crippen molar-refractivity contribution in [2.75, 3.05) is 7.11 Å². The number of hydrogen-bond donors (Lipinski definition) is 0. The van der Waals surface area contributed by atoms with E-state index in [4.69, 9.17) is 4.74 Å². The van der Waals surface area contributed by atoms with Gasteiger partial charge in [-0.25, -0.2) is 0 Å². The van der Waals surface area contributed by atoms with E-state index in [9.17, 15) is 4.79 Å². The lowest BCUT2D eigenvalue weighted by atomic mass is 10.2. The summed E-state index contributed by atoms with van der Waals surface area (Å²) in [5.74, 6) is 1.21. The Morgan fingerprint density at radius 3 is 2.70 bits per heavy atom. The summed E-state index contributed by atoms with van der Waals surface area (Å²) in [7, 11) is 1.60. The lowest BCUT2D eigenvalue weighted by Gasteiger charge is -2.04. The molecule has 0 amide bonds. The average Bonchev–Trinajstić information content (AvgIpc) is 3.20. The van der Waals surface area contributed by atoms with Crippen LogP contribution in [0.1, 0.15) is 17.0 Å². The number of nitrogens with zero attached hydrogens (tertiary/aromatic N) is 3. The zero-order valence-electron chi connectivity index (χ0n) is 14.3. The van der Waals surface area contributed by atoms with Gasteiger partial charge in [-0.2, -0.15) is 9.50 Å². The Morgan fingerprint density at radius 1 is 1.15 bits per heavy atom. The van der Waals surface area contributed by atoms with Crippen molar-refractivity contribution in [3.8, 4) is 5.75 Å². The van der Waals surface area contributed by atoms with Crippen LogP contribution in [-0.2, 0) is 0 Å². The normalized spacial score (nSPS) is 12.3. The third-order valence-electron chi connectivity index (χ3n) is 3.90. The quantitative estimate of drug-likeness (QED) is 0.486. The molecule has 0 aliphatic heterocycles.